The Bertz CT molecular complexity index is 718. The van der Waals surface area contributed by atoms with E-state index in [4.69, 9.17) is 0 Å². The van der Waals surface area contributed by atoms with E-state index in [0.717, 1.165) is 55.6 Å². The Morgan fingerprint density at radius 1 is 0.844 bits per heavy atom. The molecule has 1 aromatic rings. The van der Waals surface area contributed by atoms with Gasteiger partial charge in [-0.3, -0.25) is 0 Å². The summed E-state index contributed by atoms with van der Waals surface area (Å²) >= 11 is 0. The van der Waals surface area contributed by atoms with Gasteiger partial charge >= 0.3 is 6.36 Å². The number of rotatable bonds is 8. The van der Waals surface area contributed by atoms with Gasteiger partial charge in [0, 0.05) is 0 Å². The van der Waals surface area contributed by atoms with Gasteiger partial charge in [-0.2, -0.15) is 0 Å². The van der Waals surface area contributed by atoms with E-state index in [1.165, 1.54) is 44.9 Å². The molecule has 0 amide bonds. The summed E-state index contributed by atoms with van der Waals surface area (Å²) in [5.74, 6) is -0.988. The van der Waals surface area contributed by atoms with Crippen LogP contribution in [-0.2, 0) is 6.42 Å². The lowest BCUT2D eigenvalue weighted by atomic mass is 9.68. The average Bonchev–Trinajstić information content (AvgIpc) is 2.75. The van der Waals surface area contributed by atoms with Crippen LogP contribution in [-0.4, -0.2) is 6.36 Å². The van der Waals surface area contributed by atoms with Crippen LogP contribution in [0.5, 0.6) is 5.75 Å². The van der Waals surface area contributed by atoms with Gasteiger partial charge in [0.1, 0.15) is 0 Å². The van der Waals surface area contributed by atoms with Gasteiger partial charge in [-0.15, -0.1) is 13.2 Å². The molecule has 0 saturated heterocycles. The zero-order valence-electron chi connectivity index (χ0n) is 18.9. The summed E-state index contributed by atoms with van der Waals surface area (Å²) in [5, 5.41) is 0. The smallest absolute Gasteiger partial charge is 0.399 e. The van der Waals surface area contributed by atoms with Crippen LogP contribution in [0.4, 0.5) is 22.0 Å². The van der Waals surface area contributed by atoms with Crippen LogP contribution < -0.4 is 4.74 Å². The number of halogens is 5. The summed E-state index contributed by atoms with van der Waals surface area (Å²) in [5.41, 5.74) is 0.382. The van der Waals surface area contributed by atoms with Gasteiger partial charge in [-0.25, -0.2) is 8.78 Å². The van der Waals surface area contributed by atoms with Crippen molar-refractivity contribution in [3.05, 3.63) is 41.5 Å². The molecule has 32 heavy (non-hydrogen) atoms. The minimum atomic E-state index is -5.12. The Morgan fingerprint density at radius 2 is 1.38 bits per heavy atom. The van der Waals surface area contributed by atoms with Gasteiger partial charge < -0.3 is 4.74 Å². The third-order valence-corrected chi connectivity index (χ3v) is 7.44. The maximum absolute atomic E-state index is 13.9. The summed E-state index contributed by atoms with van der Waals surface area (Å²) in [7, 11) is 0. The summed E-state index contributed by atoms with van der Waals surface area (Å²) < 4.78 is 68.1. The summed E-state index contributed by atoms with van der Waals surface area (Å²) in [6, 6.07) is 1.92. The van der Waals surface area contributed by atoms with E-state index in [1.807, 2.05) is 0 Å². The molecule has 2 aliphatic carbocycles. The first kappa shape index (κ1) is 25.0. The molecule has 0 bridgehead atoms. The predicted molar refractivity (Wildman–Crippen MR) is 116 cm³/mol. The number of hydrogen-bond acceptors (Lipinski definition) is 1. The average molecular weight is 459 g/mol. The summed E-state index contributed by atoms with van der Waals surface area (Å²) in [6.07, 6.45) is 13.1. The quantitative estimate of drug-likeness (QED) is 0.279. The molecule has 2 aliphatic rings. The fourth-order valence-electron chi connectivity index (χ4n) is 5.64. The maximum Gasteiger partial charge on any atom is 0.573 e. The minimum Gasteiger partial charge on any atom is -0.399 e. The highest BCUT2D eigenvalue weighted by Crippen LogP contribution is 2.43. The van der Waals surface area contributed by atoms with E-state index in [0.29, 0.717) is 17.9 Å². The molecule has 0 unspecified atom stereocenters. The molecule has 1 aromatic carbocycles. The second-order valence-electron chi connectivity index (χ2n) is 9.65. The molecule has 0 atom stereocenters. The van der Waals surface area contributed by atoms with Crippen molar-refractivity contribution in [3.63, 3.8) is 0 Å². The van der Waals surface area contributed by atoms with Crippen molar-refractivity contribution in [2.24, 2.45) is 23.7 Å². The Hall–Kier alpha value is -1.59. The standard InChI is InChI=1S/C26H35F5O/c1-2-3-4-5-18-8-12-21(13-9-18)22-14-10-19(11-15-22)6-7-20-16-23(27)25(24(28)17-20)32-26(29,30)31/h3-4,16-19,21-22H,2,5-15H2,1H3. The van der Waals surface area contributed by atoms with Gasteiger partial charge in [0.2, 0.25) is 5.75 Å². The lowest BCUT2D eigenvalue weighted by Crippen LogP contribution is -2.26. The molecule has 0 spiro atoms. The van der Waals surface area contributed by atoms with Crippen molar-refractivity contribution in [3.8, 4) is 5.75 Å². The van der Waals surface area contributed by atoms with E-state index in [9.17, 15) is 22.0 Å². The van der Waals surface area contributed by atoms with Gasteiger partial charge in [-0.1, -0.05) is 31.9 Å². The number of alkyl halides is 3. The van der Waals surface area contributed by atoms with Gasteiger partial charge in [0.05, 0.1) is 0 Å². The Balaban J connectivity index is 1.41. The topological polar surface area (TPSA) is 9.23 Å². The van der Waals surface area contributed by atoms with Gasteiger partial charge in [0.25, 0.3) is 0 Å². The molecule has 3 rings (SSSR count). The Labute approximate surface area is 188 Å². The van der Waals surface area contributed by atoms with Crippen LogP contribution in [0.1, 0.15) is 83.1 Å². The SMILES string of the molecule is CCC=CCC1CCC(C2CCC(CCc3cc(F)c(OC(F)(F)F)c(F)c3)CC2)CC1. The van der Waals surface area contributed by atoms with Crippen molar-refractivity contribution < 1.29 is 26.7 Å². The lowest BCUT2D eigenvalue weighted by molar-refractivity contribution is -0.276. The number of hydrogen-bond donors (Lipinski definition) is 0. The zero-order chi connectivity index (χ0) is 23.1. The van der Waals surface area contributed by atoms with Crippen LogP contribution in [0, 0.1) is 35.3 Å². The van der Waals surface area contributed by atoms with E-state index < -0.39 is 23.7 Å². The Kier molecular flexibility index (Phi) is 9.01. The van der Waals surface area contributed by atoms with Crippen molar-refractivity contribution in [1.29, 1.82) is 0 Å². The molecule has 0 aliphatic heterocycles. The number of benzene rings is 1. The number of ether oxygens (including phenoxy) is 1. The van der Waals surface area contributed by atoms with E-state index in [2.05, 4.69) is 23.8 Å². The molecule has 0 N–H and O–H groups in total. The zero-order valence-corrected chi connectivity index (χ0v) is 18.9. The first-order chi connectivity index (χ1) is 15.2. The highest BCUT2D eigenvalue weighted by Gasteiger charge is 2.34. The van der Waals surface area contributed by atoms with Crippen molar-refractivity contribution in [2.45, 2.75) is 90.3 Å². The second-order valence-corrected chi connectivity index (χ2v) is 9.65. The monoisotopic (exact) mass is 458 g/mol. The molecule has 0 radical (unpaired) electrons. The molecule has 2 saturated carbocycles. The van der Waals surface area contributed by atoms with Crippen molar-refractivity contribution in [1.82, 2.24) is 0 Å². The fourth-order valence-corrected chi connectivity index (χ4v) is 5.64. The van der Waals surface area contributed by atoms with Gasteiger partial charge in [0.15, 0.2) is 11.6 Å². The molecular weight excluding hydrogens is 423 g/mol. The van der Waals surface area contributed by atoms with E-state index in [1.54, 1.807) is 0 Å². The molecule has 0 aromatic heterocycles. The Morgan fingerprint density at radius 3 is 1.88 bits per heavy atom. The van der Waals surface area contributed by atoms with Crippen molar-refractivity contribution in [2.75, 3.05) is 0 Å². The van der Waals surface area contributed by atoms with Crippen LogP contribution in [0.15, 0.2) is 24.3 Å². The third kappa shape index (κ3) is 7.48. The van der Waals surface area contributed by atoms with Crippen LogP contribution in [0.3, 0.4) is 0 Å². The maximum atomic E-state index is 13.9. The molecule has 6 heteroatoms. The number of allylic oxidation sites excluding steroid dienone is 2. The van der Waals surface area contributed by atoms with Crippen LogP contribution in [0.25, 0.3) is 0 Å². The molecular formula is C26H35F5O. The van der Waals surface area contributed by atoms with Gasteiger partial charge in [-0.05, 0) is 106 Å². The summed E-state index contributed by atoms with van der Waals surface area (Å²) in [6.45, 7) is 2.17. The minimum absolute atomic E-state index is 0.382. The fraction of sp³-hybridized carbons (Fsp3) is 0.692. The third-order valence-electron chi connectivity index (χ3n) is 7.44. The molecule has 180 valence electrons. The van der Waals surface area contributed by atoms with E-state index >= 15 is 0 Å². The van der Waals surface area contributed by atoms with Crippen molar-refractivity contribution >= 4 is 0 Å². The van der Waals surface area contributed by atoms with Crippen LogP contribution >= 0.6 is 0 Å². The van der Waals surface area contributed by atoms with E-state index in [-0.39, 0.29) is 0 Å². The second kappa shape index (κ2) is 11.5. The molecule has 2 fully saturated rings. The largest absolute Gasteiger partial charge is 0.573 e. The first-order valence-electron chi connectivity index (χ1n) is 12.1. The predicted octanol–water partition coefficient (Wildman–Crippen LogP) is 8.77. The normalized spacial score (nSPS) is 27.1. The highest BCUT2D eigenvalue weighted by atomic mass is 19.4. The molecule has 1 nitrogen and oxygen atoms in total. The number of aryl methyl sites for hydroxylation is 1. The van der Waals surface area contributed by atoms with Crippen LogP contribution in [0.2, 0.25) is 0 Å². The first-order valence-corrected chi connectivity index (χ1v) is 12.1. The highest BCUT2D eigenvalue weighted by molar-refractivity contribution is 5.31. The molecule has 0 heterocycles. The summed E-state index contributed by atoms with van der Waals surface area (Å²) in [4.78, 5) is 0. The lowest BCUT2D eigenvalue weighted by Gasteiger charge is -2.37.